The van der Waals surface area contributed by atoms with Gasteiger partial charge in [0.05, 0.1) is 11.1 Å². The zero-order valence-corrected chi connectivity index (χ0v) is 22.2. The lowest BCUT2D eigenvalue weighted by Crippen LogP contribution is -2.50. The lowest BCUT2D eigenvalue weighted by atomic mass is 9.79. The SMILES string of the molecule is O=C(CN1C(=O)C(c2ccccn2)=NC12CCCCCC2)Nc1ccc2c(c1)CC1(C2)C(=O)Nc2ncccc21. The molecule has 202 valence electrons. The van der Waals surface area contributed by atoms with Crippen molar-refractivity contribution in [2.45, 2.75) is 62.4 Å². The fourth-order valence-electron chi connectivity index (χ4n) is 6.89. The fraction of sp³-hybridized carbons (Fsp3) is 0.355. The number of amides is 3. The van der Waals surface area contributed by atoms with Crippen molar-refractivity contribution < 1.29 is 14.4 Å². The van der Waals surface area contributed by atoms with Crippen LogP contribution in [0.15, 0.2) is 65.9 Å². The van der Waals surface area contributed by atoms with Gasteiger partial charge in [-0.05, 0) is 80.0 Å². The van der Waals surface area contributed by atoms with Crippen molar-refractivity contribution in [1.29, 1.82) is 0 Å². The predicted molar refractivity (Wildman–Crippen MR) is 150 cm³/mol. The minimum atomic E-state index is -0.709. The lowest BCUT2D eigenvalue weighted by molar-refractivity contribution is -0.133. The predicted octanol–water partition coefficient (Wildman–Crippen LogP) is 3.79. The Bertz CT molecular complexity index is 1560. The average molecular weight is 535 g/mol. The van der Waals surface area contributed by atoms with Gasteiger partial charge < -0.3 is 15.5 Å². The van der Waals surface area contributed by atoms with Crippen molar-refractivity contribution >= 4 is 34.9 Å². The van der Waals surface area contributed by atoms with Gasteiger partial charge in [0.15, 0.2) is 5.71 Å². The van der Waals surface area contributed by atoms with Crippen LogP contribution in [-0.2, 0) is 32.6 Å². The van der Waals surface area contributed by atoms with Crippen LogP contribution in [0.25, 0.3) is 0 Å². The molecule has 3 amide bonds. The number of fused-ring (bicyclic) bond motifs is 3. The lowest BCUT2D eigenvalue weighted by Gasteiger charge is -2.35. The van der Waals surface area contributed by atoms with E-state index in [-0.39, 0.29) is 24.3 Å². The molecule has 1 unspecified atom stereocenters. The number of pyridine rings is 2. The quantitative estimate of drug-likeness (QED) is 0.528. The summed E-state index contributed by atoms with van der Waals surface area (Å²) in [5, 5.41) is 5.94. The van der Waals surface area contributed by atoms with E-state index in [2.05, 4.69) is 20.6 Å². The van der Waals surface area contributed by atoms with Gasteiger partial charge in [-0.25, -0.2) is 9.98 Å². The third-order valence-electron chi connectivity index (χ3n) is 8.85. The second-order valence-electron chi connectivity index (χ2n) is 11.3. The molecule has 1 saturated carbocycles. The number of aromatic nitrogens is 2. The van der Waals surface area contributed by atoms with Crippen molar-refractivity contribution in [3.8, 4) is 0 Å². The highest BCUT2D eigenvalue weighted by atomic mass is 16.2. The Morgan fingerprint density at radius 1 is 0.925 bits per heavy atom. The number of carbonyl (C=O) groups excluding carboxylic acids is 3. The zero-order chi connectivity index (χ0) is 27.3. The van der Waals surface area contributed by atoms with Crippen LogP contribution in [0, 0.1) is 0 Å². The number of benzene rings is 1. The Labute approximate surface area is 232 Å². The Kier molecular flexibility index (Phi) is 5.76. The first-order valence-corrected chi connectivity index (χ1v) is 14.0. The molecule has 7 rings (SSSR count). The second-order valence-corrected chi connectivity index (χ2v) is 11.3. The van der Waals surface area contributed by atoms with E-state index in [0.29, 0.717) is 35.8 Å². The Hall–Kier alpha value is -4.40. The third kappa shape index (κ3) is 3.91. The topological polar surface area (TPSA) is 117 Å². The van der Waals surface area contributed by atoms with Crippen LogP contribution in [-0.4, -0.2) is 50.5 Å². The molecule has 4 heterocycles. The first kappa shape index (κ1) is 24.6. The Morgan fingerprint density at radius 3 is 2.52 bits per heavy atom. The summed E-state index contributed by atoms with van der Waals surface area (Å²) in [6, 6.07) is 15.1. The van der Waals surface area contributed by atoms with Gasteiger partial charge in [0.2, 0.25) is 11.8 Å². The van der Waals surface area contributed by atoms with Gasteiger partial charge in [0, 0.05) is 23.6 Å². The molecule has 3 aromatic rings. The van der Waals surface area contributed by atoms with E-state index in [1.807, 2.05) is 42.5 Å². The van der Waals surface area contributed by atoms with Gasteiger partial charge >= 0.3 is 0 Å². The monoisotopic (exact) mass is 534 g/mol. The summed E-state index contributed by atoms with van der Waals surface area (Å²) < 4.78 is 0. The largest absolute Gasteiger partial charge is 0.325 e. The molecule has 0 bridgehead atoms. The second kappa shape index (κ2) is 9.36. The standard InChI is InChI=1S/C31H30N6O3/c38-25(19-37-28(39)26(24-9-3-6-14-32-24)36-31(37)12-4-1-2-5-13-31)34-22-11-10-20-17-30(18-21(20)16-22)23-8-7-15-33-27(23)35-29(30)40/h3,6-11,14-16H,1-2,4-5,12-13,17-19H2,(H,34,38)(H,33,35,40). The van der Waals surface area contributed by atoms with Crippen LogP contribution in [0.2, 0.25) is 0 Å². The summed E-state index contributed by atoms with van der Waals surface area (Å²) in [6.07, 6.45) is 10.1. The van der Waals surface area contributed by atoms with Gasteiger partial charge in [0.25, 0.3) is 5.91 Å². The van der Waals surface area contributed by atoms with Crippen molar-refractivity contribution in [3.05, 3.63) is 83.3 Å². The number of carbonyl (C=O) groups is 3. The number of hydrogen-bond donors (Lipinski definition) is 2. The number of aliphatic imine (C=N–C) groups is 1. The number of nitrogens with one attached hydrogen (secondary N) is 2. The van der Waals surface area contributed by atoms with Crippen LogP contribution < -0.4 is 10.6 Å². The van der Waals surface area contributed by atoms with E-state index in [4.69, 9.17) is 4.99 Å². The summed E-state index contributed by atoms with van der Waals surface area (Å²) in [4.78, 5) is 55.4. The van der Waals surface area contributed by atoms with Gasteiger partial charge in [-0.15, -0.1) is 0 Å². The van der Waals surface area contributed by atoms with Gasteiger partial charge in [0.1, 0.15) is 18.0 Å². The van der Waals surface area contributed by atoms with E-state index in [9.17, 15) is 14.4 Å². The molecule has 0 saturated heterocycles. The maximum Gasteiger partial charge on any atom is 0.276 e. The van der Waals surface area contributed by atoms with Crippen LogP contribution in [0.4, 0.5) is 11.5 Å². The summed E-state index contributed by atoms with van der Waals surface area (Å²) >= 11 is 0. The van der Waals surface area contributed by atoms with Crippen molar-refractivity contribution in [3.63, 3.8) is 0 Å². The molecule has 1 fully saturated rings. The number of rotatable bonds is 4. The number of anilines is 2. The highest BCUT2D eigenvalue weighted by Crippen LogP contribution is 2.47. The molecule has 1 aromatic carbocycles. The smallest absolute Gasteiger partial charge is 0.276 e. The molecule has 0 radical (unpaired) electrons. The molecule has 2 spiro atoms. The van der Waals surface area contributed by atoms with Crippen molar-refractivity contribution in [1.82, 2.24) is 14.9 Å². The first-order valence-electron chi connectivity index (χ1n) is 14.0. The summed E-state index contributed by atoms with van der Waals surface area (Å²) in [7, 11) is 0. The molecule has 9 heteroatoms. The van der Waals surface area contributed by atoms with Gasteiger partial charge in [-0.2, -0.15) is 0 Å². The van der Waals surface area contributed by atoms with Crippen LogP contribution in [0.5, 0.6) is 0 Å². The van der Waals surface area contributed by atoms with E-state index in [0.717, 1.165) is 55.2 Å². The molecule has 2 aromatic heterocycles. The van der Waals surface area contributed by atoms with Crippen LogP contribution >= 0.6 is 0 Å². The first-order chi connectivity index (χ1) is 19.5. The molecular formula is C31H30N6O3. The minimum Gasteiger partial charge on any atom is -0.325 e. The maximum atomic E-state index is 13.6. The van der Waals surface area contributed by atoms with E-state index in [1.165, 1.54) is 0 Å². The van der Waals surface area contributed by atoms with Crippen molar-refractivity contribution in [2.75, 3.05) is 17.2 Å². The van der Waals surface area contributed by atoms with Crippen LogP contribution in [0.1, 0.15) is 60.9 Å². The molecule has 2 aliphatic heterocycles. The Balaban J connectivity index is 1.11. The van der Waals surface area contributed by atoms with E-state index < -0.39 is 11.1 Å². The molecular weight excluding hydrogens is 504 g/mol. The summed E-state index contributed by atoms with van der Waals surface area (Å²) in [6.45, 7) is -0.0822. The normalized spacial score (nSPS) is 22.6. The highest BCUT2D eigenvalue weighted by molar-refractivity contribution is 6.46. The molecule has 2 aliphatic carbocycles. The Morgan fingerprint density at radius 2 is 1.73 bits per heavy atom. The highest BCUT2D eigenvalue weighted by Gasteiger charge is 2.51. The molecule has 9 nitrogen and oxygen atoms in total. The van der Waals surface area contributed by atoms with Crippen LogP contribution in [0.3, 0.4) is 0 Å². The average Bonchev–Trinajstić information content (AvgIpc) is 3.48. The summed E-state index contributed by atoms with van der Waals surface area (Å²) in [5.74, 6) is 0.0817. The maximum absolute atomic E-state index is 13.6. The van der Waals surface area contributed by atoms with Gasteiger partial charge in [-0.1, -0.05) is 31.0 Å². The fourth-order valence-corrected chi connectivity index (χ4v) is 6.89. The number of hydrogen-bond acceptors (Lipinski definition) is 6. The van der Waals surface area contributed by atoms with Gasteiger partial charge in [-0.3, -0.25) is 19.4 Å². The summed E-state index contributed by atoms with van der Waals surface area (Å²) in [5.41, 5.74) is 3.20. The number of nitrogens with zero attached hydrogens (tertiary/aromatic N) is 4. The molecule has 1 atom stereocenters. The van der Waals surface area contributed by atoms with E-state index in [1.54, 1.807) is 23.4 Å². The third-order valence-corrected chi connectivity index (χ3v) is 8.85. The molecule has 2 N–H and O–H groups in total. The van der Waals surface area contributed by atoms with Crippen molar-refractivity contribution in [2.24, 2.45) is 4.99 Å². The van der Waals surface area contributed by atoms with E-state index >= 15 is 0 Å². The molecule has 40 heavy (non-hydrogen) atoms. The zero-order valence-electron chi connectivity index (χ0n) is 22.2. The molecule has 4 aliphatic rings. The minimum absolute atomic E-state index is 0.0343.